The molecule has 3 nitrogen and oxygen atoms in total. The lowest BCUT2D eigenvalue weighted by molar-refractivity contribution is 0.0600. The van der Waals surface area contributed by atoms with E-state index in [0.29, 0.717) is 10.6 Å². The summed E-state index contributed by atoms with van der Waals surface area (Å²) in [6.07, 6.45) is 3.66. The van der Waals surface area contributed by atoms with Gasteiger partial charge < -0.3 is 9.84 Å². The average Bonchev–Trinajstić information content (AvgIpc) is 2.46. The second-order valence-corrected chi connectivity index (χ2v) is 4.56. The first-order chi connectivity index (χ1) is 9.60. The van der Waals surface area contributed by atoms with Gasteiger partial charge in [-0.1, -0.05) is 35.9 Å². The van der Waals surface area contributed by atoms with Gasteiger partial charge in [-0.3, -0.25) is 0 Å². The summed E-state index contributed by atoms with van der Waals surface area (Å²) in [4.78, 5) is 11.4. The van der Waals surface area contributed by atoms with Crippen LogP contribution >= 0.6 is 11.6 Å². The standard InChI is InChI=1S/C16H13ClO3/c1-20-16(19)13-4-2-3-11(9-13)5-6-12-7-8-14(18)10-15(12)17/h2-10,18H,1H3. The molecule has 0 saturated carbocycles. The van der Waals surface area contributed by atoms with Gasteiger partial charge in [-0.25, -0.2) is 4.79 Å². The molecule has 0 aliphatic heterocycles. The molecule has 0 aromatic heterocycles. The van der Waals surface area contributed by atoms with Gasteiger partial charge >= 0.3 is 5.97 Å². The fourth-order valence-corrected chi connectivity index (χ4v) is 1.96. The number of rotatable bonds is 3. The lowest BCUT2D eigenvalue weighted by atomic mass is 10.1. The predicted molar refractivity (Wildman–Crippen MR) is 79.8 cm³/mol. The molecule has 0 unspecified atom stereocenters. The highest BCUT2D eigenvalue weighted by Gasteiger charge is 2.04. The van der Waals surface area contributed by atoms with Crippen molar-refractivity contribution in [3.05, 3.63) is 64.2 Å². The number of hydrogen-bond acceptors (Lipinski definition) is 3. The van der Waals surface area contributed by atoms with E-state index in [0.717, 1.165) is 11.1 Å². The Hall–Kier alpha value is -2.26. The van der Waals surface area contributed by atoms with Gasteiger partial charge in [0.25, 0.3) is 0 Å². The topological polar surface area (TPSA) is 46.5 Å². The van der Waals surface area contributed by atoms with Crippen molar-refractivity contribution in [2.75, 3.05) is 7.11 Å². The minimum Gasteiger partial charge on any atom is -0.508 e. The molecule has 0 fully saturated rings. The summed E-state index contributed by atoms with van der Waals surface area (Å²) in [5.41, 5.74) is 2.14. The van der Waals surface area contributed by atoms with Crippen LogP contribution in [0.25, 0.3) is 12.2 Å². The molecule has 0 radical (unpaired) electrons. The quantitative estimate of drug-likeness (QED) is 0.686. The number of phenolic OH excluding ortho intramolecular Hbond substituents is 1. The number of methoxy groups -OCH3 is 1. The summed E-state index contributed by atoms with van der Waals surface area (Å²) in [6, 6.07) is 11.8. The van der Waals surface area contributed by atoms with Crippen molar-refractivity contribution in [1.29, 1.82) is 0 Å². The first-order valence-corrected chi connectivity index (χ1v) is 6.33. The Morgan fingerprint density at radius 3 is 2.70 bits per heavy atom. The minimum atomic E-state index is -0.372. The Labute approximate surface area is 122 Å². The number of hydrogen-bond donors (Lipinski definition) is 1. The maximum Gasteiger partial charge on any atom is 0.337 e. The van der Waals surface area contributed by atoms with E-state index in [1.54, 1.807) is 30.3 Å². The Balaban J connectivity index is 2.25. The molecular formula is C16H13ClO3. The van der Waals surface area contributed by atoms with Crippen LogP contribution < -0.4 is 0 Å². The number of carbonyl (C=O) groups is 1. The summed E-state index contributed by atoms with van der Waals surface area (Å²) in [7, 11) is 1.35. The van der Waals surface area contributed by atoms with Crippen molar-refractivity contribution in [3.8, 4) is 5.75 Å². The summed E-state index contributed by atoms with van der Waals surface area (Å²) < 4.78 is 4.67. The van der Waals surface area contributed by atoms with Gasteiger partial charge in [-0.05, 0) is 41.5 Å². The smallest absolute Gasteiger partial charge is 0.337 e. The van der Waals surface area contributed by atoms with E-state index < -0.39 is 0 Å². The summed E-state index contributed by atoms with van der Waals surface area (Å²) in [5.74, 6) is -0.247. The fraction of sp³-hybridized carbons (Fsp3) is 0.0625. The normalized spacial score (nSPS) is 10.7. The van der Waals surface area contributed by atoms with Crippen molar-refractivity contribution >= 4 is 29.7 Å². The van der Waals surface area contributed by atoms with Crippen LogP contribution in [0.5, 0.6) is 5.75 Å². The largest absolute Gasteiger partial charge is 0.508 e. The lowest BCUT2D eigenvalue weighted by Gasteiger charge is -2.01. The third-order valence-corrected chi connectivity index (χ3v) is 3.07. The molecule has 102 valence electrons. The Bertz CT molecular complexity index is 663. The van der Waals surface area contributed by atoms with Gasteiger partial charge in [0.15, 0.2) is 0 Å². The van der Waals surface area contributed by atoms with Crippen molar-refractivity contribution < 1.29 is 14.6 Å². The molecule has 4 heteroatoms. The first-order valence-electron chi connectivity index (χ1n) is 5.95. The van der Waals surface area contributed by atoms with Gasteiger partial charge in [0.05, 0.1) is 17.7 Å². The molecule has 0 aliphatic carbocycles. The highest BCUT2D eigenvalue weighted by molar-refractivity contribution is 6.32. The van der Waals surface area contributed by atoms with E-state index in [2.05, 4.69) is 4.74 Å². The zero-order valence-corrected chi connectivity index (χ0v) is 11.6. The maximum atomic E-state index is 11.4. The van der Waals surface area contributed by atoms with Crippen LogP contribution in [-0.2, 0) is 4.74 Å². The third kappa shape index (κ3) is 3.39. The van der Waals surface area contributed by atoms with E-state index in [-0.39, 0.29) is 11.7 Å². The van der Waals surface area contributed by atoms with Gasteiger partial charge in [0, 0.05) is 0 Å². The number of carbonyl (C=O) groups excluding carboxylic acids is 1. The zero-order chi connectivity index (χ0) is 14.5. The fourth-order valence-electron chi connectivity index (χ4n) is 1.72. The number of aromatic hydroxyl groups is 1. The molecule has 1 N–H and O–H groups in total. The average molecular weight is 289 g/mol. The summed E-state index contributed by atoms with van der Waals surface area (Å²) in [6.45, 7) is 0. The van der Waals surface area contributed by atoms with Crippen LogP contribution in [0.1, 0.15) is 21.5 Å². The Kier molecular flexibility index (Phi) is 4.43. The molecular weight excluding hydrogens is 276 g/mol. The van der Waals surface area contributed by atoms with E-state index in [1.165, 1.54) is 13.2 Å². The highest BCUT2D eigenvalue weighted by Crippen LogP contribution is 2.23. The SMILES string of the molecule is COC(=O)c1cccc(C=Cc2ccc(O)cc2Cl)c1. The molecule has 0 bridgehead atoms. The highest BCUT2D eigenvalue weighted by atomic mass is 35.5. The minimum absolute atomic E-state index is 0.125. The van der Waals surface area contributed by atoms with Gasteiger partial charge in [-0.2, -0.15) is 0 Å². The number of phenols is 1. The molecule has 0 aliphatic rings. The van der Waals surface area contributed by atoms with Crippen molar-refractivity contribution in [2.45, 2.75) is 0 Å². The third-order valence-electron chi connectivity index (χ3n) is 2.75. The van der Waals surface area contributed by atoms with Gasteiger partial charge in [-0.15, -0.1) is 0 Å². The molecule has 0 spiro atoms. The van der Waals surface area contributed by atoms with E-state index >= 15 is 0 Å². The van der Waals surface area contributed by atoms with E-state index in [1.807, 2.05) is 18.2 Å². The molecule has 0 amide bonds. The van der Waals surface area contributed by atoms with Crippen LogP contribution in [0.15, 0.2) is 42.5 Å². The van der Waals surface area contributed by atoms with Crippen LogP contribution in [0.3, 0.4) is 0 Å². The predicted octanol–water partition coefficient (Wildman–Crippen LogP) is 4.00. The molecule has 0 heterocycles. The van der Waals surface area contributed by atoms with Crippen molar-refractivity contribution in [1.82, 2.24) is 0 Å². The molecule has 2 aromatic carbocycles. The van der Waals surface area contributed by atoms with Crippen molar-refractivity contribution in [2.24, 2.45) is 0 Å². The van der Waals surface area contributed by atoms with Crippen molar-refractivity contribution in [3.63, 3.8) is 0 Å². The maximum absolute atomic E-state index is 11.4. The molecule has 2 rings (SSSR count). The molecule has 2 aromatic rings. The summed E-state index contributed by atoms with van der Waals surface area (Å²) >= 11 is 6.01. The van der Waals surface area contributed by atoms with Crippen LogP contribution in [0.2, 0.25) is 5.02 Å². The van der Waals surface area contributed by atoms with Crippen LogP contribution in [-0.4, -0.2) is 18.2 Å². The number of ether oxygens (including phenoxy) is 1. The molecule has 20 heavy (non-hydrogen) atoms. The number of esters is 1. The van der Waals surface area contributed by atoms with Crippen LogP contribution in [0.4, 0.5) is 0 Å². The van der Waals surface area contributed by atoms with Crippen LogP contribution in [0, 0.1) is 0 Å². The second-order valence-electron chi connectivity index (χ2n) is 4.16. The molecule has 0 saturated heterocycles. The van der Waals surface area contributed by atoms with E-state index in [9.17, 15) is 9.90 Å². The van der Waals surface area contributed by atoms with E-state index in [4.69, 9.17) is 11.6 Å². The Morgan fingerprint density at radius 2 is 2.00 bits per heavy atom. The second kappa shape index (κ2) is 6.26. The Morgan fingerprint density at radius 1 is 1.20 bits per heavy atom. The van der Waals surface area contributed by atoms with Gasteiger partial charge in [0.2, 0.25) is 0 Å². The monoisotopic (exact) mass is 288 g/mol. The van der Waals surface area contributed by atoms with Gasteiger partial charge in [0.1, 0.15) is 5.75 Å². The zero-order valence-electron chi connectivity index (χ0n) is 10.8. The lowest BCUT2D eigenvalue weighted by Crippen LogP contribution is -2.00. The first kappa shape index (κ1) is 14.2. The number of benzene rings is 2. The molecule has 0 atom stereocenters. The summed E-state index contributed by atoms with van der Waals surface area (Å²) in [5, 5.41) is 9.75. The number of halogens is 1.